The molecule has 4 rings (SSSR count). The highest BCUT2D eigenvalue weighted by Crippen LogP contribution is 2.31. The molecule has 1 saturated heterocycles. The quantitative estimate of drug-likeness (QED) is 0.808. The van der Waals surface area contributed by atoms with Crippen LogP contribution in [0.5, 0.6) is 5.75 Å². The van der Waals surface area contributed by atoms with Crippen molar-refractivity contribution in [3.8, 4) is 5.75 Å². The summed E-state index contributed by atoms with van der Waals surface area (Å²) in [6.45, 7) is 2.82. The van der Waals surface area contributed by atoms with Crippen molar-refractivity contribution in [1.29, 1.82) is 0 Å². The SMILES string of the molecule is O=C([C@@H]1COc2ccc(Cl)cc2C1)N1CCN(c2ccccc2F)CC1. The third kappa shape index (κ3) is 3.36. The maximum absolute atomic E-state index is 13.9. The van der Waals surface area contributed by atoms with Gasteiger partial charge in [-0.25, -0.2) is 4.39 Å². The molecule has 2 aromatic carbocycles. The zero-order chi connectivity index (χ0) is 18.1. The van der Waals surface area contributed by atoms with Crippen LogP contribution in [-0.2, 0) is 11.2 Å². The topological polar surface area (TPSA) is 32.8 Å². The first-order chi connectivity index (χ1) is 12.6. The molecule has 1 fully saturated rings. The Balaban J connectivity index is 1.39. The number of ether oxygens (including phenoxy) is 1. The molecule has 2 heterocycles. The van der Waals surface area contributed by atoms with Crippen molar-refractivity contribution in [2.24, 2.45) is 5.92 Å². The maximum Gasteiger partial charge on any atom is 0.229 e. The lowest BCUT2D eigenvalue weighted by Crippen LogP contribution is -2.51. The standard InChI is InChI=1S/C20H20ClFN2O2/c21-16-5-6-19-14(12-16)11-15(13-26-19)20(25)24-9-7-23(8-10-24)18-4-2-1-3-17(18)22/h1-6,12,15H,7-11,13H2/t15-/m0/s1. The van der Waals surface area contributed by atoms with Crippen LogP contribution in [0.3, 0.4) is 0 Å². The van der Waals surface area contributed by atoms with Crippen LogP contribution >= 0.6 is 11.6 Å². The highest BCUT2D eigenvalue weighted by molar-refractivity contribution is 6.30. The fourth-order valence-electron chi connectivity index (χ4n) is 3.66. The summed E-state index contributed by atoms with van der Waals surface area (Å²) in [7, 11) is 0. The Morgan fingerprint density at radius 3 is 2.65 bits per heavy atom. The zero-order valence-electron chi connectivity index (χ0n) is 14.3. The van der Waals surface area contributed by atoms with Gasteiger partial charge in [-0.3, -0.25) is 4.79 Å². The number of hydrogen-bond acceptors (Lipinski definition) is 3. The van der Waals surface area contributed by atoms with Gasteiger partial charge in [0.15, 0.2) is 0 Å². The van der Waals surface area contributed by atoms with E-state index in [-0.39, 0.29) is 17.6 Å². The molecular weight excluding hydrogens is 355 g/mol. The number of rotatable bonds is 2. The molecular formula is C20H20ClFN2O2. The molecule has 1 atom stereocenters. The molecule has 2 aromatic rings. The Morgan fingerprint density at radius 2 is 1.88 bits per heavy atom. The Labute approximate surface area is 157 Å². The molecule has 136 valence electrons. The van der Waals surface area contributed by atoms with Gasteiger partial charge in [-0.15, -0.1) is 0 Å². The van der Waals surface area contributed by atoms with E-state index in [1.54, 1.807) is 18.2 Å². The van der Waals surface area contributed by atoms with Gasteiger partial charge in [0.05, 0.1) is 11.6 Å². The van der Waals surface area contributed by atoms with Gasteiger partial charge in [-0.2, -0.15) is 0 Å². The normalized spacial score (nSPS) is 19.7. The number of piperazine rings is 1. The largest absolute Gasteiger partial charge is 0.492 e. The predicted molar refractivity (Wildman–Crippen MR) is 99.3 cm³/mol. The lowest BCUT2D eigenvalue weighted by molar-refractivity contribution is -0.137. The Hall–Kier alpha value is -2.27. The number of benzene rings is 2. The van der Waals surface area contributed by atoms with E-state index in [1.807, 2.05) is 28.0 Å². The Morgan fingerprint density at radius 1 is 1.12 bits per heavy atom. The van der Waals surface area contributed by atoms with Crippen LogP contribution in [0, 0.1) is 11.7 Å². The molecule has 0 unspecified atom stereocenters. The molecule has 1 amide bonds. The average Bonchev–Trinajstić information content (AvgIpc) is 2.67. The summed E-state index contributed by atoms with van der Waals surface area (Å²) in [5.41, 5.74) is 1.58. The number of nitrogens with zero attached hydrogens (tertiary/aromatic N) is 2. The highest BCUT2D eigenvalue weighted by atomic mass is 35.5. The fraction of sp³-hybridized carbons (Fsp3) is 0.350. The summed E-state index contributed by atoms with van der Waals surface area (Å²) < 4.78 is 19.7. The van der Waals surface area contributed by atoms with E-state index in [2.05, 4.69) is 0 Å². The van der Waals surface area contributed by atoms with E-state index < -0.39 is 0 Å². The van der Waals surface area contributed by atoms with Crippen molar-refractivity contribution in [1.82, 2.24) is 4.90 Å². The molecule has 4 nitrogen and oxygen atoms in total. The van der Waals surface area contributed by atoms with E-state index >= 15 is 0 Å². The lowest BCUT2D eigenvalue weighted by Gasteiger charge is -2.38. The van der Waals surface area contributed by atoms with Gasteiger partial charge in [0.1, 0.15) is 18.2 Å². The van der Waals surface area contributed by atoms with Crippen molar-refractivity contribution in [2.45, 2.75) is 6.42 Å². The van der Waals surface area contributed by atoms with Gasteiger partial charge < -0.3 is 14.5 Å². The van der Waals surface area contributed by atoms with Crippen LogP contribution in [0.2, 0.25) is 5.02 Å². The Bertz CT molecular complexity index is 821. The second-order valence-electron chi connectivity index (χ2n) is 6.73. The van der Waals surface area contributed by atoms with Gasteiger partial charge in [-0.1, -0.05) is 23.7 Å². The second kappa shape index (κ2) is 7.16. The van der Waals surface area contributed by atoms with Crippen molar-refractivity contribution in [3.05, 3.63) is 58.9 Å². The molecule has 0 saturated carbocycles. The monoisotopic (exact) mass is 374 g/mol. The maximum atomic E-state index is 13.9. The summed E-state index contributed by atoms with van der Waals surface area (Å²) in [5, 5.41) is 0.652. The lowest BCUT2D eigenvalue weighted by atomic mass is 9.95. The van der Waals surface area contributed by atoms with E-state index in [9.17, 15) is 9.18 Å². The molecule has 0 aromatic heterocycles. The zero-order valence-corrected chi connectivity index (χ0v) is 15.1. The van der Waals surface area contributed by atoms with Gasteiger partial charge >= 0.3 is 0 Å². The van der Waals surface area contributed by atoms with Crippen molar-refractivity contribution in [3.63, 3.8) is 0 Å². The van der Waals surface area contributed by atoms with E-state index in [4.69, 9.17) is 16.3 Å². The molecule has 2 aliphatic heterocycles. The minimum Gasteiger partial charge on any atom is -0.492 e. The number of fused-ring (bicyclic) bond motifs is 1. The van der Waals surface area contributed by atoms with Gasteiger partial charge in [0.25, 0.3) is 0 Å². The number of para-hydroxylation sites is 1. The van der Waals surface area contributed by atoms with E-state index in [1.165, 1.54) is 6.07 Å². The molecule has 0 aliphatic carbocycles. The smallest absolute Gasteiger partial charge is 0.229 e. The summed E-state index contributed by atoms with van der Waals surface area (Å²) >= 11 is 6.05. The van der Waals surface area contributed by atoms with Crippen LogP contribution in [0.25, 0.3) is 0 Å². The van der Waals surface area contributed by atoms with Crippen molar-refractivity contribution in [2.75, 3.05) is 37.7 Å². The minimum absolute atomic E-state index is 0.101. The minimum atomic E-state index is -0.221. The van der Waals surface area contributed by atoms with Crippen LogP contribution in [-0.4, -0.2) is 43.6 Å². The van der Waals surface area contributed by atoms with E-state index in [0.717, 1.165) is 11.3 Å². The van der Waals surface area contributed by atoms with Crippen molar-refractivity contribution >= 4 is 23.2 Å². The number of anilines is 1. The first kappa shape index (κ1) is 17.2. The number of carbonyl (C=O) groups is 1. The molecule has 0 radical (unpaired) electrons. The first-order valence-electron chi connectivity index (χ1n) is 8.81. The number of carbonyl (C=O) groups excluding carboxylic acids is 1. The second-order valence-corrected chi connectivity index (χ2v) is 7.16. The van der Waals surface area contributed by atoms with Crippen LogP contribution in [0.1, 0.15) is 5.56 Å². The summed E-state index contributed by atoms with van der Waals surface area (Å²) in [4.78, 5) is 16.7. The van der Waals surface area contributed by atoms with Gasteiger partial charge in [-0.05, 0) is 42.3 Å². The van der Waals surface area contributed by atoms with Crippen LogP contribution < -0.4 is 9.64 Å². The molecule has 26 heavy (non-hydrogen) atoms. The van der Waals surface area contributed by atoms with Gasteiger partial charge in [0, 0.05) is 31.2 Å². The predicted octanol–water partition coefficient (Wildman–Crippen LogP) is 3.38. The molecule has 0 bridgehead atoms. The van der Waals surface area contributed by atoms with Crippen LogP contribution in [0.15, 0.2) is 42.5 Å². The van der Waals surface area contributed by atoms with E-state index in [0.29, 0.717) is 49.9 Å². The highest BCUT2D eigenvalue weighted by Gasteiger charge is 2.31. The molecule has 0 spiro atoms. The average molecular weight is 375 g/mol. The number of hydrogen-bond donors (Lipinski definition) is 0. The summed E-state index contributed by atoms with van der Waals surface area (Å²) in [6, 6.07) is 12.3. The number of amides is 1. The fourth-order valence-corrected chi connectivity index (χ4v) is 3.85. The third-order valence-corrected chi connectivity index (χ3v) is 5.30. The number of halogens is 2. The summed E-state index contributed by atoms with van der Waals surface area (Å²) in [6.07, 6.45) is 0.641. The summed E-state index contributed by atoms with van der Waals surface area (Å²) in [5.74, 6) is 0.494. The molecule has 2 aliphatic rings. The molecule has 0 N–H and O–H groups in total. The third-order valence-electron chi connectivity index (χ3n) is 5.06. The van der Waals surface area contributed by atoms with Crippen molar-refractivity contribution < 1.29 is 13.9 Å². The van der Waals surface area contributed by atoms with Gasteiger partial charge in [0.2, 0.25) is 5.91 Å². The Kier molecular flexibility index (Phi) is 4.72. The van der Waals surface area contributed by atoms with Crippen LogP contribution in [0.4, 0.5) is 10.1 Å². The first-order valence-corrected chi connectivity index (χ1v) is 9.19. The molecule has 6 heteroatoms.